The first-order valence-corrected chi connectivity index (χ1v) is 29.3. The Kier molecular flexibility index (Phi) is 48.7. The molecule has 66 heavy (non-hydrogen) atoms. The smallest absolute Gasteiger partial charge is 0.306 e. The molecule has 0 saturated heterocycles. The van der Waals surface area contributed by atoms with Crippen molar-refractivity contribution in [1.82, 2.24) is 0 Å². The van der Waals surface area contributed by atoms with Crippen LogP contribution in [0, 0.1) is 0 Å². The molecular formula is C57H108NO7P. The molecule has 2 unspecified atom stereocenters. The molecule has 0 aromatic heterocycles. The number of unbranched alkanes of at least 4 members (excludes halogenated alkanes) is 30. The Bertz CT molecular complexity index is 1200. The van der Waals surface area contributed by atoms with Gasteiger partial charge in [0.15, 0.2) is 0 Å². The molecule has 0 spiro atoms. The van der Waals surface area contributed by atoms with Crippen molar-refractivity contribution >= 4 is 13.8 Å². The third-order valence-electron chi connectivity index (χ3n) is 12.1. The lowest BCUT2D eigenvalue weighted by atomic mass is 10.0. The molecule has 0 aliphatic rings. The van der Waals surface area contributed by atoms with E-state index >= 15 is 0 Å². The maximum absolute atomic E-state index is 12.8. The van der Waals surface area contributed by atoms with Crippen molar-refractivity contribution in [2.45, 2.75) is 258 Å². The molecule has 0 heterocycles. The molecule has 388 valence electrons. The maximum atomic E-state index is 12.8. The number of hydrogen-bond donors (Lipinski definition) is 0. The van der Waals surface area contributed by atoms with Gasteiger partial charge >= 0.3 is 5.97 Å². The number of esters is 1. The molecule has 0 saturated carbocycles. The average Bonchev–Trinajstić information content (AvgIpc) is 3.28. The first-order chi connectivity index (χ1) is 32.1. The Morgan fingerprint density at radius 1 is 0.470 bits per heavy atom. The van der Waals surface area contributed by atoms with Crippen molar-refractivity contribution < 1.29 is 37.3 Å². The van der Waals surface area contributed by atoms with E-state index in [1.165, 1.54) is 186 Å². The first-order valence-electron chi connectivity index (χ1n) is 27.9. The van der Waals surface area contributed by atoms with Gasteiger partial charge in [-0.1, -0.05) is 217 Å². The lowest BCUT2D eigenvalue weighted by Gasteiger charge is -2.28. The number of rotatable bonds is 52. The summed E-state index contributed by atoms with van der Waals surface area (Å²) in [7, 11) is 1.36. The predicted octanol–water partition coefficient (Wildman–Crippen LogP) is 16.8. The van der Waals surface area contributed by atoms with E-state index in [0.717, 1.165) is 44.9 Å². The summed E-state index contributed by atoms with van der Waals surface area (Å²) < 4.78 is 34.8. The molecule has 8 nitrogen and oxygen atoms in total. The monoisotopic (exact) mass is 950 g/mol. The summed E-state index contributed by atoms with van der Waals surface area (Å²) in [4.78, 5) is 25.2. The number of quaternary nitrogens is 1. The fourth-order valence-corrected chi connectivity index (χ4v) is 8.51. The van der Waals surface area contributed by atoms with Crippen LogP contribution >= 0.6 is 7.82 Å². The fourth-order valence-electron chi connectivity index (χ4n) is 7.79. The highest BCUT2D eigenvalue weighted by molar-refractivity contribution is 7.45. The summed E-state index contributed by atoms with van der Waals surface area (Å²) in [5.41, 5.74) is 0. The number of phosphoric acid groups is 1. The van der Waals surface area contributed by atoms with E-state index in [1.807, 2.05) is 21.1 Å². The van der Waals surface area contributed by atoms with Crippen molar-refractivity contribution in [2.75, 3.05) is 54.1 Å². The quantitative estimate of drug-likeness (QED) is 0.0197. The van der Waals surface area contributed by atoms with Gasteiger partial charge in [0.25, 0.3) is 7.82 Å². The molecular weight excluding hydrogens is 842 g/mol. The molecule has 0 aliphatic carbocycles. The molecule has 0 aromatic rings. The molecule has 0 aliphatic heterocycles. The van der Waals surface area contributed by atoms with Crippen molar-refractivity contribution in [3.05, 3.63) is 48.6 Å². The van der Waals surface area contributed by atoms with Gasteiger partial charge in [-0.05, 0) is 77.0 Å². The van der Waals surface area contributed by atoms with Crippen molar-refractivity contribution in [3.63, 3.8) is 0 Å². The first kappa shape index (κ1) is 64.5. The highest BCUT2D eigenvalue weighted by atomic mass is 31.2. The van der Waals surface area contributed by atoms with Crippen LogP contribution in [0.3, 0.4) is 0 Å². The Morgan fingerprint density at radius 3 is 1.26 bits per heavy atom. The lowest BCUT2D eigenvalue weighted by Crippen LogP contribution is -2.37. The number of carbonyl (C=O) groups is 1. The van der Waals surface area contributed by atoms with E-state index in [9.17, 15) is 14.3 Å². The minimum absolute atomic E-state index is 0.0242. The lowest BCUT2D eigenvalue weighted by molar-refractivity contribution is -0.870. The Morgan fingerprint density at radius 2 is 0.833 bits per heavy atom. The molecule has 0 rings (SSSR count). The van der Waals surface area contributed by atoms with Crippen LogP contribution in [0.25, 0.3) is 0 Å². The van der Waals surface area contributed by atoms with Crippen LogP contribution in [-0.4, -0.2) is 70.7 Å². The van der Waals surface area contributed by atoms with Gasteiger partial charge in [0.2, 0.25) is 0 Å². The van der Waals surface area contributed by atoms with Gasteiger partial charge in [0, 0.05) is 13.0 Å². The van der Waals surface area contributed by atoms with E-state index in [2.05, 4.69) is 62.5 Å². The van der Waals surface area contributed by atoms with Crippen LogP contribution in [-0.2, 0) is 27.9 Å². The standard InChI is InChI=1S/C57H108NO7P/c1-6-8-10-12-14-16-18-20-22-24-26-27-28-29-30-31-32-34-36-38-40-42-44-46-48-50-57(59)65-56(55-64-66(60,61)63-53-51-58(3,4)5)54-62-52-49-47-45-43-41-39-37-35-33-25-23-21-19-17-15-13-11-9-7-2/h18,20,23-26,28-29,56H,6-17,19,21-22,27,30-55H2,1-5H3/b20-18-,25-23-,26-24-,29-28-. The van der Waals surface area contributed by atoms with Gasteiger partial charge in [0.05, 0.1) is 34.4 Å². The normalized spacial score (nSPS) is 13.8. The van der Waals surface area contributed by atoms with Crippen LogP contribution in [0.1, 0.15) is 251 Å². The number of hydrogen-bond acceptors (Lipinski definition) is 7. The topological polar surface area (TPSA) is 94.1 Å². The van der Waals surface area contributed by atoms with Gasteiger partial charge in [-0.2, -0.15) is 0 Å². The summed E-state index contributed by atoms with van der Waals surface area (Å²) in [6, 6.07) is 0. The molecule has 0 aromatic carbocycles. The van der Waals surface area contributed by atoms with E-state index in [4.69, 9.17) is 18.5 Å². The van der Waals surface area contributed by atoms with E-state index in [1.54, 1.807) is 0 Å². The number of phosphoric ester groups is 1. The molecule has 2 atom stereocenters. The number of nitrogens with zero attached hydrogens (tertiary/aromatic N) is 1. The second-order valence-corrected chi connectivity index (χ2v) is 21.3. The van der Waals surface area contributed by atoms with Gasteiger partial charge in [0.1, 0.15) is 19.3 Å². The summed E-state index contributed by atoms with van der Waals surface area (Å²) in [6.45, 7) is 5.42. The third-order valence-corrected chi connectivity index (χ3v) is 13.1. The summed E-state index contributed by atoms with van der Waals surface area (Å²) in [6.07, 6.45) is 62.8. The van der Waals surface area contributed by atoms with Gasteiger partial charge in [-0.15, -0.1) is 0 Å². The van der Waals surface area contributed by atoms with Crippen LogP contribution in [0.5, 0.6) is 0 Å². The van der Waals surface area contributed by atoms with Gasteiger partial charge in [-0.3, -0.25) is 9.36 Å². The second kappa shape index (κ2) is 49.9. The van der Waals surface area contributed by atoms with Gasteiger partial charge in [-0.25, -0.2) is 0 Å². The van der Waals surface area contributed by atoms with E-state index < -0.39 is 13.9 Å². The highest BCUT2D eigenvalue weighted by Crippen LogP contribution is 2.38. The SMILES string of the molecule is CCCCCCC/C=C\C/C=C\C/C=C\CCCCCCCCCCCCC(=O)OC(COCCCCCCCCCC/C=C\CCCCCCCCC)COP(=O)([O-])OCC[N+](C)(C)C. The summed E-state index contributed by atoms with van der Waals surface area (Å²) in [5.74, 6) is -0.337. The van der Waals surface area contributed by atoms with E-state index in [-0.39, 0.29) is 25.8 Å². The number of carbonyl (C=O) groups excluding carboxylic acids is 1. The molecule has 0 N–H and O–H groups in total. The highest BCUT2D eigenvalue weighted by Gasteiger charge is 2.20. The molecule has 0 bridgehead atoms. The Hall–Kier alpha value is -1.54. The minimum Gasteiger partial charge on any atom is -0.756 e. The zero-order valence-electron chi connectivity index (χ0n) is 44.1. The van der Waals surface area contributed by atoms with Crippen LogP contribution in [0.15, 0.2) is 48.6 Å². The molecule has 0 fully saturated rings. The summed E-state index contributed by atoms with van der Waals surface area (Å²) in [5, 5.41) is 0. The fraction of sp³-hybridized carbons (Fsp3) is 0.842. The number of ether oxygens (including phenoxy) is 2. The Balaban J connectivity index is 4.10. The van der Waals surface area contributed by atoms with Crippen molar-refractivity contribution in [1.29, 1.82) is 0 Å². The average molecular weight is 950 g/mol. The zero-order chi connectivity index (χ0) is 48.3. The molecule has 9 heteroatoms. The van der Waals surface area contributed by atoms with Gasteiger partial charge < -0.3 is 27.9 Å². The van der Waals surface area contributed by atoms with Crippen LogP contribution < -0.4 is 4.89 Å². The number of allylic oxidation sites excluding steroid dienone is 8. The Labute approximate surface area is 409 Å². The third kappa shape index (κ3) is 53.4. The second-order valence-electron chi connectivity index (χ2n) is 19.9. The molecule has 0 amide bonds. The van der Waals surface area contributed by atoms with Crippen molar-refractivity contribution in [3.8, 4) is 0 Å². The van der Waals surface area contributed by atoms with Crippen LogP contribution in [0.4, 0.5) is 0 Å². The predicted molar refractivity (Wildman–Crippen MR) is 282 cm³/mol. The maximum Gasteiger partial charge on any atom is 0.306 e. The zero-order valence-corrected chi connectivity index (χ0v) is 45.0. The van der Waals surface area contributed by atoms with Crippen LogP contribution in [0.2, 0.25) is 0 Å². The molecule has 0 radical (unpaired) electrons. The number of likely N-dealkylation sites (N-methyl/N-ethyl adjacent to an activating group) is 1. The minimum atomic E-state index is -4.54. The summed E-state index contributed by atoms with van der Waals surface area (Å²) >= 11 is 0. The van der Waals surface area contributed by atoms with E-state index in [0.29, 0.717) is 24.1 Å². The largest absolute Gasteiger partial charge is 0.756 e. The van der Waals surface area contributed by atoms with Crippen molar-refractivity contribution in [2.24, 2.45) is 0 Å².